The molecule has 1 aliphatic heterocycles. The van der Waals surface area contributed by atoms with Crippen LogP contribution in [0, 0.1) is 0 Å². The fourth-order valence-corrected chi connectivity index (χ4v) is 3.66. The summed E-state index contributed by atoms with van der Waals surface area (Å²) in [5.74, 6) is 1.77. The fourth-order valence-electron chi connectivity index (χ4n) is 3.53. The van der Waals surface area contributed by atoms with Crippen molar-refractivity contribution in [3.8, 4) is 23.1 Å². The van der Waals surface area contributed by atoms with Gasteiger partial charge in [-0.2, -0.15) is 4.98 Å². The molecule has 0 bridgehead atoms. The third-order valence-electron chi connectivity index (χ3n) is 5.41. The van der Waals surface area contributed by atoms with Crippen molar-refractivity contribution >= 4 is 34.8 Å². The SMILES string of the molecule is C=CC(=O)Nc1cccc(Oc2nc(Nc3ccc(OCCN4CCOCC4)cc3OC)ncc2Cl)c1. The minimum absolute atomic E-state index is 0.147. The third-order valence-corrected chi connectivity index (χ3v) is 5.67. The van der Waals surface area contributed by atoms with Gasteiger partial charge in [-0.3, -0.25) is 9.69 Å². The molecule has 11 heteroatoms. The van der Waals surface area contributed by atoms with E-state index >= 15 is 0 Å². The Balaban J connectivity index is 1.41. The summed E-state index contributed by atoms with van der Waals surface area (Å²) in [6.07, 6.45) is 2.62. The number of halogens is 1. The quantitative estimate of drug-likeness (QED) is 0.349. The highest BCUT2D eigenvalue weighted by molar-refractivity contribution is 6.31. The number of methoxy groups -OCH3 is 1. The highest BCUT2D eigenvalue weighted by Crippen LogP contribution is 2.33. The third kappa shape index (κ3) is 7.56. The molecule has 0 unspecified atom stereocenters. The Morgan fingerprint density at radius 1 is 1.22 bits per heavy atom. The van der Waals surface area contributed by atoms with Crippen LogP contribution in [0.2, 0.25) is 5.02 Å². The molecule has 1 aliphatic rings. The summed E-state index contributed by atoms with van der Waals surface area (Å²) in [5, 5.41) is 6.03. The summed E-state index contributed by atoms with van der Waals surface area (Å²) in [5.41, 5.74) is 1.19. The number of amides is 1. The molecule has 4 rings (SSSR count). The number of hydrogen-bond acceptors (Lipinski definition) is 9. The van der Waals surface area contributed by atoms with Crippen LogP contribution in [0.1, 0.15) is 0 Å². The number of carbonyl (C=O) groups excluding carboxylic acids is 1. The van der Waals surface area contributed by atoms with Gasteiger partial charge in [0.25, 0.3) is 0 Å². The normalized spacial score (nSPS) is 13.5. The van der Waals surface area contributed by atoms with Crippen LogP contribution in [-0.4, -0.2) is 67.3 Å². The second kappa shape index (κ2) is 12.9. The Kier molecular flexibility index (Phi) is 9.14. The number of anilines is 3. The number of morpholine rings is 1. The molecule has 2 N–H and O–H groups in total. The number of ether oxygens (including phenoxy) is 4. The molecule has 2 aromatic carbocycles. The van der Waals surface area contributed by atoms with Crippen LogP contribution in [0.15, 0.2) is 61.3 Å². The predicted molar refractivity (Wildman–Crippen MR) is 141 cm³/mol. The Morgan fingerprint density at radius 3 is 2.84 bits per heavy atom. The molecule has 10 nitrogen and oxygen atoms in total. The Morgan fingerprint density at radius 2 is 2.05 bits per heavy atom. The van der Waals surface area contributed by atoms with Crippen molar-refractivity contribution in [1.29, 1.82) is 0 Å². The van der Waals surface area contributed by atoms with Crippen LogP contribution >= 0.6 is 11.6 Å². The highest BCUT2D eigenvalue weighted by Gasteiger charge is 2.13. The largest absolute Gasteiger partial charge is 0.494 e. The summed E-state index contributed by atoms with van der Waals surface area (Å²) in [6, 6.07) is 12.3. The van der Waals surface area contributed by atoms with Crippen molar-refractivity contribution in [3.63, 3.8) is 0 Å². The first-order valence-corrected chi connectivity index (χ1v) is 12.0. The van der Waals surface area contributed by atoms with Crippen LogP contribution < -0.4 is 24.8 Å². The number of hydrogen-bond donors (Lipinski definition) is 2. The van der Waals surface area contributed by atoms with Gasteiger partial charge in [0.2, 0.25) is 17.7 Å². The predicted octanol–water partition coefficient (Wildman–Crippen LogP) is 4.51. The van der Waals surface area contributed by atoms with Gasteiger partial charge in [0.1, 0.15) is 28.9 Å². The van der Waals surface area contributed by atoms with E-state index in [1.165, 1.54) is 12.3 Å². The molecule has 1 aromatic heterocycles. The fraction of sp³-hybridized carbons (Fsp3) is 0.269. The molecule has 0 saturated carbocycles. The van der Waals surface area contributed by atoms with Gasteiger partial charge in [-0.05, 0) is 30.3 Å². The Labute approximate surface area is 220 Å². The van der Waals surface area contributed by atoms with Crippen LogP contribution in [0.4, 0.5) is 17.3 Å². The van der Waals surface area contributed by atoms with Crippen molar-refractivity contribution in [1.82, 2.24) is 14.9 Å². The smallest absolute Gasteiger partial charge is 0.247 e. The van der Waals surface area contributed by atoms with E-state index in [1.807, 2.05) is 12.1 Å². The van der Waals surface area contributed by atoms with Gasteiger partial charge in [0.05, 0.1) is 32.2 Å². The number of rotatable bonds is 11. The molecule has 3 aromatic rings. The monoisotopic (exact) mass is 525 g/mol. The maximum Gasteiger partial charge on any atom is 0.247 e. The van der Waals surface area contributed by atoms with E-state index in [-0.39, 0.29) is 22.8 Å². The van der Waals surface area contributed by atoms with Crippen LogP contribution in [0.25, 0.3) is 0 Å². The molecule has 1 saturated heterocycles. The number of aromatic nitrogens is 2. The molecule has 1 amide bonds. The molecular formula is C26H28ClN5O5. The molecule has 194 valence electrons. The Bertz CT molecular complexity index is 1240. The Hall–Kier alpha value is -3.86. The van der Waals surface area contributed by atoms with Gasteiger partial charge in [0, 0.05) is 37.5 Å². The van der Waals surface area contributed by atoms with Gasteiger partial charge in [-0.1, -0.05) is 24.2 Å². The second-order valence-corrected chi connectivity index (χ2v) is 8.37. The molecule has 0 spiro atoms. The standard InChI is InChI=1S/C26H28ClN5O5/c1-3-24(33)29-18-5-4-6-20(15-18)37-25-21(27)17-28-26(31-25)30-22-8-7-19(16-23(22)34-2)36-14-11-32-9-12-35-13-10-32/h3-8,15-17H,1,9-14H2,2H3,(H,29,33)(H,28,30,31). The lowest BCUT2D eigenvalue weighted by atomic mass is 10.2. The van der Waals surface area contributed by atoms with Crippen molar-refractivity contribution in [2.45, 2.75) is 0 Å². The first-order valence-electron chi connectivity index (χ1n) is 11.7. The molecule has 37 heavy (non-hydrogen) atoms. The molecule has 2 heterocycles. The molecule has 0 radical (unpaired) electrons. The minimum Gasteiger partial charge on any atom is -0.494 e. The topological polar surface area (TPSA) is 107 Å². The maximum atomic E-state index is 11.6. The first kappa shape index (κ1) is 26.2. The van der Waals surface area contributed by atoms with E-state index in [0.29, 0.717) is 35.2 Å². The van der Waals surface area contributed by atoms with E-state index in [0.717, 1.165) is 32.8 Å². The van der Waals surface area contributed by atoms with E-state index in [9.17, 15) is 4.79 Å². The number of nitrogens with one attached hydrogen (secondary N) is 2. The molecule has 1 fully saturated rings. The van der Waals surface area contributed by atoms with E-state index in [2.05, 4.69) is 32.1 Å². The van der Waals surface area contributed by atoms with Crippen molar-refractivity contribution in [2.75, 3.05) is 57.2 Å². The van der Waals surface area contributed by atoms with Gasteiger partial charge < -0.3 is 29.6 Å². The lowest BCUT2D eigenvalue weighted by Crippen LogP contribution is -2.38. The second-order valence-electron chi connectivity index (χ2n) is 7.96. The summed E-state index contributed by atoms with van der Waals surface area (Å²) < 4.78 is 22.7. The van der Waals surface area contributed by atoms with E-state index in [4.69, 9.17) is 30.5 Å². The van der Waals surface area contributed by atoms with Crippen LogP contribution in [0.5, 0.6) is 23.1 Å². The van der Waals surface area contributed by atoms with Crippen LogP contribution in [-0.2, 0) is 9.53 Å². The number of benzene rings is 2. The number of carbonyl (C=O) groups is 1. The molecular weight excluding hydrogens is 498 g/mol. The average Bonchev–Trinajstić information content (AvgIpc) is 2.92. The first-order chi connectivity index (χ1) is 18.0. The van der Waals surface area contributed by atoms with Gasteiger partial charge >= 0.3 is 0 Å². The zero-order valence-corrected chi connectivity index (χ0v) is 21.2. The summed E-state index contributed by atoms with van der Waals surface area (Å²) >= 11 is 6.27. The van der Waals surface area contributed by atoms with E-state index in [1.54, 1.807) is 37.4 Å². The summed E-state index contributed by atoms with van der Waals surface area (Å²) in [4.78, 5) is 22.5. The summed E-state index contributed by atoms with van der Waals surface area (Å²) in [6.45, 7) is 8.19. The number of nitrogens with zero attached hydrogens (tertiary/aromatic N) is 3. The average molecular weight is 526 g/mol. The zero-order chi connectivity index (χ0) is 26.0. The lowest BCUT2D eigenvalue weighted by molar-refractivity contribution is -0.111. The summed E-state index contributed by atoms with van der Waals surface area (Å²) in [7, 11) is 1.58. The van der Waals surface area contributed by atoms with Gasteiger partial charge in [0.15, 0.2) is 0 Å². The highest BCUT2D eigenvalue weighted by atomic mass is 35.5. The van der Waals surface area contributed by atoms with Crippen LogP contribution in [0.3, 0.4) is 0 Å². The van der Waals surface area contributed by atoms with Crippen molar-refractivity contribution in [2.24, 2.45) is 0 Å². The molecule has 0 aliphatic carbocycles. The zero-order valence-electron chi connectivity index (χ0n) is 20.4. The maximum absolute atomic E-state index is 11.6. The van der Waals surface area contributed by atoms with Gasteiger partial charge in [-0.15, -0.1) is 0 Å². The molecule has 0 atom stereocenters. The van der Waals surface area contributed by atoms with Crippen molar-refractivity contribution < 1.29 is 23.7 Å². The lowest BCUT2D eigenvalue weighted by Gasteiger charge is -2.26. The van der Waals surface area contributed by atoms with Crippen molar-refractivity contribution in [3.05, 3.63) is 66.3 Å². The van der Waals surface area contributed by atoms with Gasteiger partial charge in [-0.25, -0.2) is 4.98 Å². The van der Waals surface area contributed by atoms with E-state index < -0.39 is 0 Å². The minimum atomic E-state index is -0.328.